The van der Waals surface area contributed by atoms with Crippen molar-refractivity contribution in [1.82, 2.24) is 9.13 Å². The molecule has 0 atom stereocenters. The van der Waals surface area contributed by atoms with Gasteiger partial charge in [-0.1, -0.05) is 23.8 Å². The van der Waals surface area contributed by atoms with Crippen LogP contribution in [0.5, 0.6) is 0 Å². The molecule has 4 rings (SSSR count). The van der Waals surface area contributed by atoms with Crippen LogP contribution in [0, 0.1) is 30.1 Å². The second-order valence-corrected chi connectivity index (χ2v) is 9.31. The molecule has 1 aliphatic carbocycles. The number of alkyl halides is 3. The van der Waals surface area contributed by atoms with Crippen LogP contribution in [0.2, 0.25) is 0 Å². The molecular formula is C26H24F3N3O4. The average molecular weight is 499 g/mol. The summed E-state index contributed by atoms with van der Waals surface area (Å²) in [5.41, 5.74) is -1.78. The van der Waals surface area contributed by atoms with Crippen LogP contribution in [0.3, 0.4) is 0 Å². The number of hydrogen-bond donors (Lipinski definition) is 1. The standard InChI is InChI=1S/C26H24F3N3O4/c1-15-5-10-22-19(11-15)23(33)32(13-16-6-8-17(9-7-16)24(34)35)25(36)31(22)14-18-3-2-4-21(20(18)12-30)26(27,28)29/h2-5,10-11,16-17H,6-9,13-14H2,1H3,(H,34,35). The molecule has 1 heterocycles. The van der Waals surface area contributed by atoms with E-state index in [1.807, 2.05) is 0 Å². The van der Waals surface area contributed by atoms with Gasteiger partial charge in [0.1, 0.15) is 6.07 Å². The second-order valence-electron chi connectivity index (χ2n) is 9.31. The molecule has 0 amide bonds. The Balaban J connectivity index is 1.82. The van der Waals surface area contributed by atoms with Crippen LogP contribution in [0.25, 0.3) is 10.9 Å². The zero-order valence-electron chi connectivity index (χ0n) is 19.5. The van der Waals surface area contributed by atoms with Crippen molar-refractivity contribution < 1.29 is 23.1 Å². The first kappa shape index (κ1) is 25.2. The van der Waals surface area contributed by atoms with Crippen molar-refractivity contribution in [2.24, 2.45) is 11.8 Å². The van der Waals surface area contributed by atoms with E-state index in [0.717, 1.165) is 16.2 Å². The number of carboxylic acids is 1. The molecule has 3 aromatic rings. The number of rotatable bonds is 5. The van der Waals surface area contributed by atoms with Gasteiger partial charge in [0.05, 0.1) is 34.5 Å². The van der Waals surface area contributed by atoms with E-state index in [1.54, 1.807) is 31.2 Å². The maximum Gasteiger partial charge on any atom is 0.417 e. The molecule has 1 N–H and O–H groups in total. The van der Waals surface area contributed by atoms with E-state index in [9.17, 15) is 37.9 Å². The number of carbonyl (C=O) groups is 1. The van der Waals surface area contributed by atoms with Gasteiger partial charge < -0.3 is 5.11 Å². The summed E-state index contributed by atoms with van der Waals surface area (Å²) in [5, 5.41) is 19.0. The Morgan fingerprint density at radius 2 is 1.81 bits per heavy atom. The van der Waals surface area contributed by atoms with Gasteiger partial charge in [-0.25, -0.2) is 4.79 Å². The molecule has 1 aliphatic rings. The summed E-state index contributed by atoms with van der Waals surface area (Å²) in [6.45, 7) is 1.55. The lowest BCUT2D eigenvalue weighted by atomic mass is 9.82. The van der Waals surface area contributed by atoms with Crippen LogP contribution >= 0.6 is 0 Å². The molecule has 10 heteroatoms. The van der Waals surface area contributed by atoms with Crippen molar-refractivity contribution in [2.75, 3.05) is 0 Å². The van der Waals surface area contributed by atoms with E-state index in [1.165, 1.54) is 16.7 Å². The highest BCUT2D eigenvalue weighted by Crippen LogP contribution is 2.33. The molecule has 0 aliphatic heterocycles. The molecule has 2 aromatic carbocycles. The minimum atomic E-state index is -4.74. The average Bonchev–Trinajstić information content (AvgIpc) is 2.84. The van der Waals surface area contributed by atoms with E-state index < -0.39 is 40.4 Å². The molecule has 1 saturated carbocycles. The van der Waals surface area contributed by atoms with E-state index in [4.69, 9.17) is 0 Å². The first-order chi connectivity index (χ1) is 17.0. The lowest BCUT2D eigenvalue weighted by Crippen LogP contribution is -2.42. The van der Waals surface area contributed by atoms with Gasteiger partial charge >= 0.3 is 17.8 Å². The zero-order valence-corrected chi connectivity index (χ0v) is 19.5. The summed E-state index contributed by atoms with van der Waals surface area (Å²) in [4.78, 5) is 38.1. The first-order valence-electron chi connectivity index (χ1n) is 11.6. The van der Waals surface area contributed by atoms with Crippen molar-refractivity contribution >= 4 is 16.9 Å². The van der Waals surface area contributed by atoms with Crippen LogP contribution in [-0.2, 0) is 24.1 Å². The SMILES string of the molecule is Cc1ccc2c(c1)c(=O)n(CC1CCC(C(=O)O)CC1)c(=O)n2Cc1cccc(C(F)(F)F)c1C#N. The molecule has 0 unspecified atom stereocenters. The van der Waals surface area contributed by atoms with E-state index in [-0.39, 0.29) is 35.5 Å². The number of nitriles is 1. The highest BCUT2D eigenvalue weighted by atomic mass is 19.4. The van der Waals surface area contributed by atoms with Gasteiger partial charge in [0, 0.05) is 6.54 Å². The monoisotopic (exact) mass is 499 g/mol. The highest BCUT2D eigenvalue weighted by Gasteiger charge is 2.34. The predicted octanol–water partition coefficient (Wildman–Crippen LogP) is 4.30. The molecular weight excluding hydrogens is 475 g/mol. The molecule has 0 spiro atoms. The Kier molecular flexibility index (Phi) is 6.76. The molecule has 1 aromatic heterocycles. The molecule has 7 nitrogen and oxygen atoms in total. The van der Waals surface area contributed by atoms with E-state index >= 15 is 0 Å². The third kappa shape index (κ3) is 4.78. The van der Waals surface area contributed by atoms with Gasteiger partial charge in [0.25, 0.3) is 5.56 Å². The Morgan fingerprint density at radius 3 is 2.42 bits per heavy atom. The molecule has 0 saturated heterocycles. The molecule has 188 valence electrons. The minimum absolute atomic E-state index is 0.0171. The van der Waals surface area contributed by atoms with Gasteiger partial charge in [-0.05, 0) is 62.3 Å². The van der Waals surface area contributed by atoms with E-state index in [2.05, 4.69) is 0 Å². The largest absolute Gasteiger partial charge is 0.481 e. The third-order valence-corrected chi connectivity index (χ3v) is 6.91. The number of hydrogen-bond acceptors (Lipinski definition) is 4. The van der Waals surface area contributed by atoms with Crippen LogP contribution in [0.4, 0.5) is 13.2 Å². The molecule has 0 bridgehead atoms. The summed E-state index contributed by atoms with van der Waals surface area (Å²) in [7, 11) is 0. The van der Waals surface area contributed by atoms with Crippen molar-refractivity contribution in [2.45, 2.75) is 51.9 Å². The number of halogens is 3. The predicted molar refractivity (Wildman–Crippen MR) is 126 cm³/mol. The first-order valence-corrected chi connectivity index (χ1v) is 11.6. The number of fused-ring (bicyclic) bond motifs is 1. The summed E-state index contributed by atoms with van der Waals surface area (Å²) >= 11 is 0. The fourth-order valence-electron chi connectivity index (χ4n) is 4.97. The van der Waals surface area contributed by atoms with Gasteiger partial charge in [0.15, 0.2) is 0 Å². The summed E-state index contributed by atoms with van der Waals surface area (Å²) in [6.07, 6.45) is -2.75. The lowest BCUT2D eigenvalue weighted by molar-refractivity contribution is -0.143. The van der Waals surface area contributed by atoms with Crippen molar-refractivity contribution in [3.05, 3.63) is 79.5 Å². The number of aromatic nitrogens is 2. The number of aliphatic carboxylic acids is 1. The van der Waals surface area contributed by atoms with Crippen molar-refractivity contribution in [3.63, 3.8) is 0 Å². The minimum Gasteiger partial charge on any atom is -0.481 e. The topological polar surface area (TPSA) is 105 Å². The number of carboxylic acid groups (broad SMARTS) is 1. The quantitative estimate of drug-likeness (QED) is 0.564. The van der Waals surface area contributed by atoms with Crippen molar-refractivity contribution in [3.8, 4) is 6.07 Å². The molecule has 1 fully saturated rings. The number of benzene rings is 2. The maximum absolute atomic E-state index is 13.5. The Bertz CT molecular complexity index is 1490. The summed E-state index contributed by atoms with van der Waals surface area (Å²) < 4.78 is 42.8. The third-order valence-electron chi connectivity index (χ3n) is 6.91. The smallest absolute Gasteiger partial charge is 0.417 e. The second kappa shape index (κ2) is 9.64. The highest BCUT2D eigenvalue weighted by molar-refractivity contribution is 5.79. The number of nitrogens with zero attached hydrogens (tertiary/aromatic N) is 3. The number of aryl methyl sites for hydroxylation is 1. The Hall–Kier alpha value is -3.87. The van der Waals surface area contributed by atoms with Gasteiger partial charge in [-0.15, -0.1) is 0 Å². The Morgan fingerprint density at radius 1 is 1.11 bits per heavy atom. The van der Waals surface area contributed by atoms with E-state index in [0.29, 0.717) is 25.7 Å². The van der Waals surface area contributed by atoms with Crippen molar-refractivity contribution in [1.29, 1.82) is 5.26 Å². The summed E-state index contributed by atoms with van der Waals surface area (Å²) in [5.74, 6) is -1.38. The zero-order chi connectivity index (χ0) is 26.2. The van der Waals surface area contributed by atoms with Crippen LogP contribution in [0.1, 0.15) is 47.9 Å². The van der Waals surface area contributed by atoms with Gasteiger partial charge in [-0.2, -0.15) is 18.4 Å². The van der Waals surface area contributed by atoms with Crippen LogP contribution in [0.15, 0.2) is 46.0 Å². The lowest BCUT2D eigenvalue weighted by Gasteiger charge is -2.26. The fourth-order valence-corrected chi connectivity index (χ4v) is 4.97. The summed E-state index contributed by atoms with van der Waals surface area (Å²) in [6, 6.07) is 9.90. The van der Waals surface area contributed by atoms with Crippen LogP contribution in [-0.4, -0.2) is 20.2 Å². The molecule has 36 heavy (non-hydrogen) atoms. The fraction of sp³-hybridized carbons (Fsp3) is 0.385. The Labute approximate surface area is 204 Å². The van der Waals surface area contributed by atoms with Crippen LogP contribution < -0.4 is 11.2 Å². The van der Waals surface area contributed by atoms with Gasteiger partial charge in [0.2, 0.25) is 0 Å². The normalized spacial score (nSPS) is 18.2. The molecule has 0 radical (unpaired) electrons. The maximum atomic E-state index is 13.5. The van der Waals surface area contributed by atoms with Gasteiger partial charge in [-0.3, -0.25) is 18.7 Å².